The van der Waals surface area contributed by atoms with Crippen LogP contribution in [0.4, 0.5) is 5.69 Å². The first-order valence-corrected chi connectivity index (χ1v) is 7.23. The summed E-state index contributed by atoms with van der Waals surface area (Å²) in [5.74, 6) is 0. The van der Waals surface area contributed by atoms with Gasteiger partial charge in [0.25, 0.3) is 0 Å². The minimum atomic E-state index is 0.601. The molecule has 0 radical (unpaired) electrons. The van der Waals surface area contributed by atoms with Crippen LogP contribution in [0.15, 0.2) is 39.4 Å². The number of nitrogens with one attached hydrogen (secondary N) is 1. The summed E-state index contributed by atoms with van der Waals surface area (Å²) in [6.45, 7) is 2.61. The molecule has 19 heavy (non-hydrogen) atoms. The zero-order chi connectivity index (χ0) is 13.8. The quantitative estimate of drug-likeness (QED) is 0.858. The molecule has 3 nitrogen and oxygen atoms in total. The lowest BCUT2D eigenvalue weighted by Gasteiger charge is -2.10. The second kappa shape index (κ2) is 6.18. The minimum absolute atomic E-state index is 0.601. The Morgan fingerprint density at radius 2 is 2.11 bits per heavy atom. The van der Waals surface area contributed by atoms with Crippen LogP contribution < -0.4 is 5.32 Å². The van der Waals surface area contributed by atoms with Crippen LogP contribution >= 0.6 is 31.9 Å². The maximum Gasteiger partial charge on any atom is 0.0992 e. The highest BCUT2D eigenvalue weighted by Crippen LogP contribution is 2.22. The minimum Gasteiger partial charge on any atom is -0.379 e. The zero-order valence-electron chi connectivity index (χ0n) is 10.2. The molecule has 0 saturated carbocycles. The van der Waals surface area contributed by atoms with E-state index < -0.39 is 0 Å². The van der Waals surface area contributed by atoms with Gasteiger partial charge in [0.2, 0.25) is 0 Å². The number of rotatable bonds is 3. The van der Waals surface area contributed by atoms with E-state index in [9.17, 15) is 0 Å². The lowest BCUT2D eigenvalue weighted by Crippen LogP contribution is -2.04. The molecular formula is C14H11Br2N3. The van der Waals surface area contributed by atoms with Crippen molar-refractivity contribution in [2.75, 3.05) is 5.32 Å². The lowest BCUT2D eigenvalue weighted by atomic mass is 10.1. The third kappa shape index (κ3) is 3.55. The van der Waals surface area contributed by atoms with E-state index in [2.05, 4.69) is 48.2 Å². The van der Waals surface area contributed by atoms with Gasteiger partial charge < -0.3 is 5.32 Å². The van der Waals surface area contributed by atoms with Crippen molar-refractivity contribution in [3.8, 4) is 6.07 Å². The van der Waals surface area contributed by atoms with Crippen molar-refractivity contribution in [3.63, 3.8) is 0 Å². The average Bonchev–Trinajstić information content (AvgIpc) is 2.39. The number of halogens is 2. The van der Waals surface area contributed by atoms with Gasteiger partial charge in [-0.25, -0.2) is 0 Å². The molecule has 2 rings (SSSR count). The molecule has 0 saturated heterocycles. The average molecular weight is 381 g/mol. The summed E-state index contributed by atoms with van der Waals surface area (Å²) in [5.41, 5.74) is 3.63. The molecule has 0 fully saturated rings. The molecule has 96 valence electrons. The Balaban J connectivity index is 2.16. The molecule has 1 aromatic carbocycles. The van der Waals surface area contributed by atoms with Gasteiger partial charge in [-0.3, -0.25) is 4.98 Å². The fourth-order valence-electron chi connectivity index (χ4n) is 1.63. The second-order valence-corrected chi connectivity index (χ2v) is 5.85. The van der Waals surface area contributed by atoms with E-state index in [4.69, 9.17) is 5.26 Å². The molecule has 5 heteroatoms. The normalized spacial score (nSPS) is 10.0. The third-order valence-electron chi connectivity index (χ3n) is 2.70. The van der Waals surface area contributed by atoms with Crippen molar-refractivity contribution in [3.05, 3.63) is 56.2 Å². The molecule has 0 unspecified atom stereocenters. The zero-order valence-corrected chi connectivity index (χ0v) is 13.4. The molecule has 1 N–H and O–H groups in total. The predicted octanol–water partition coefficient (Wildman–Crippen LogP) is 4.40. The third-order valence-corrected chi connectivity index (χ3v) is 3.82. The molecule has 1 heterocycles. The van der Waals surface area contributed by atoms with Crippen molar-refractivity contribution in [1.82, 2.24) is 4.98 Å². The van der Waals surface area contributed by atoms with Crippen LogP contribution in [-0.4, -0.2) is 4.98 Å². The highest BCUT2D eigenvalue weighted by molar-refractivity contribution is 9.11. The number of pyridine rings is 1. The number of aryl methyl sites for hydroxylation is 1. The van der Waals surface area contributed by atoms with Gasteiger partial charge in [0.1, 0.15) is 0 Å². The first-order valence-electron chi connectivity index (χ1n) is 5.64. The Bertz CT molecular complexity index is 648. The number of nitrogens with zero attached hydrogens (tertiary/aromatic N) is 2. The molecule has 2 aromatic rings. The maximum absolute atomic E-state index is 8.91. The van der Waals surface area contributed by atoms with Crippen molar-refractivity contribution >= 4 is 37.5 Å². The highest BCUT2D eigenvalue weighted by atomic mass is 79.9. The number of anilines is 1. The number of hydrogen-bond acceptors (Lipinski definition) is 3. The van der Waals surface area contributed by atoms with Gasteiger partial charge in [0, 0.05) is 20.8 Å². The van der Waals surface area contributed by atoms with Crippen molar-refractivity contribution < 1.29 is 0 Å². The number of benzene rings is 1. The van der Waals surface area contributed by atoms with Gasteiger partial charge in [-0.05, 0) is 62.5 Å². The van der Waals surface area contributed by atoms with Gasteiger partial charge in [-0.15, -0.1) is 0 Å². The monoisotopic (exact) mass is 379 g/mol. The van der Waals surface area contributed by atoms with Gasteiger partial charge in [0.15, 0.2) is 0 Å². The first kappa shape index (κ1) is 14.0. The van der Waals surface area contributed by atoms with Crippen molar-refractivity contribution in [2.24, 2.45) is 0 Å². The Kier molecular flexibility index (Phi) is 4.56. The maximum atomic E-state index is 8.91. The van der Waals surface area contributed by atoms with Crippen LogP contribution in [0.2, 0.25) is 0 Å². The Hall–Kier alpha value is -1.38. The van der Waals surface area contributed by atoms with Gasteiger partial charge in [-0.2, -0.15) is 5.26 Å². The molecule has 0 aliphatic carbocycles. The van der Waals surface area contributed by atoms with Gasteiger partial charge in [0.05, 0.1) is 23.9 Å². The smallest absolute Gasteiger partial charge is 0.0992 e. The lowest BCUT2D eigenvalue weighted by molar-refractivity contribution is 1.02. The summed E-state index contributed by atoms with van der Waals surface area (Å²) >= 11 is 6.86. The molecule has 0 spiro atoms. The fraction of sp³-hybridized carbons (Fsp3) is 0.143. The first-order chi connectivity index (χ1) is 9.10. The molecule has 0 aliphatic rings. The second-order valence-electron chi connectivity index (χ2n) is 4.08. The van der Waals surface area contributed by atoms with Crippen molar-refractivity contribution in [1.29, 1.82) is 5.26 Å². The topological polar surface area (TPSA) is 48.7 Å². The molecule has 0 amide bonds. The molecule has 0 aliphatic heterocycles. The molecular weight excluding hydrogens is 370 g/mol. The summed E-state index contributed by atoms with van der Waals surface area (Å²) in [6, 6.07) is 9.70. The van der Waals surface area contributed by atoms with E-state index in [1.807, 2.05) is 31.2 Å². The summed E-state index contributed by atoms with van der Waals surface area (Å²) in [5, 5.41) is 12.2. The number of nitriles is 1. The summed E-state index contributed by atoms with van der Waals surface area (Å²) < 4.78 is 1.88. The SMILES string of the molecule is Cc1ccc(C#N)cc1NCc1ncc(Br)cc1Br. The van der Waals surface area contributed by atoms with E-state index in [0.717, 1.165) is 25.9 Å². The summed E-state index contributed by atoms with van der Waals surface area (Å²) in [6.07, 6.45) is 1.76. The molecule has 0 bridgehead atoms. The van der Waals surface area contributed by atoms with E-state index >= 15 is 0 Å². The summed E-state index contributed by atoms with van der Waals surface area (Å²) in [4.78, 5) is 4.34. The van der Waals surface area contributed by atoms with Crippen LogP contribution in [-0.2, 0) is 6.54 Å². The number of hydrogen-bond donors (Lipinski definition) is 1. The standard InChI is InChI=1S/C14H11Br2N3/c1-9-2-3-10(6-17)4-13(9)19-8-14-12(16)5-11(15)7-18-14/h2-5,7,19H,8H2,1H3. The predicted molar refractivity (Wildman–Crippen MR) is 82.9 cm³/mol. The Morgan fingerprint density at radius 1 is 1.32 bits per heavy atom. The van der Waals surface area contributed by atoms with E-state index in [0.29, 0.717) is 12.1 Å². The van der Waals surface area contributed by atoms with Crippen LogP contribution in [0.1, 0.15) is 16.8 Å². The van der Waals surface area contributed by atoms with Crippen LogP contribution in [0.25, 0.3) is 0 Å². The van der Waals surface area contributed by atoms with Crippen molar-refractivity contribution in [2.45, 2.75) is 13.5 Å². The fourth-order valence-corrected chi connectivity index (χ4v) is 2.76. The van der Waals surface area contributed by atoms with Crippen LogP contribution in [0.5, 0.6) is 0 Å². The van der Waals surface area contributed by atoms with E-state index in [1.54, 1.807) is 6.20 Å². The largest absolute Gasteiger partial charge is 0.379 e. The van der Waals surface area contributed by atoms with Gasteiger partial charge >= 0.3 is 0 Å². The summed E-state index contributed by atoms with van der Waals surface area (Å²) in [7, 11) is 0. The Morgan fingerprint density at radius 3 is 2.79 bits per heavy atom. The van der Waals surface area contributed by atoms with E-state index in [1.165, 1.54) is 0 Å². The van der Waals surface area contributed by atoms with Crippen LogP contribution in [0.3, 0.4) is 0 Å². The van der Waals surface area contributed by atoms with Gasteiger partial charge in [-0.1, -0.05) is 6.07 Å². The molecule has 0 atom stereocenters. The Labute approximate surface area is 128 Å². The molecule has 1 aromatic heterocycles. The number of aromatic nitrogens is 1. The van der Waals surface area contributed by atoms with Crippen LogP contribution in [0, 0.1) is 18.3 Å². The van der Waals surface area contributed by atoms with E-state index in [-0.39, 0.29) is 0 Å². The highest BCUT2D eigenvalue weighted by Gasteiger charge is 2.04.